The number of sulfonamides is 1. The number of likely N-dealkylation sites (N-methyl/N-ethyl adjacent to an activating group) is 1. The third kappa shape index (κ3) is 7.84. The summed E-state index contributed by atoms with van der Waals surface area (Å²) in [6.07, 6.45) is 1.72. The van der Waals surface area contributed by atoms with E-state index in [1.165, 1.54) is 19.2 Å². The van der Waals surface area contributed by atoms with E-state index in [0.717, 1.165) is 16.9 Å². The van der Waals surface area contributed by atoms with Gasteiger partial charge in [-0.2, -0.15) is 4.31 Å². The Morgan fingerprint density at radius 2 is 1.87 bits per heavy atom. The van der Waals surface area contributed by atoms with Gasteiger partial charge in [-0.25, -0.2) is 17.6 Å². The molecule has 3 N–H and O–H groups in total. The largest absolute Gasteiger partial charge is 0.465 e. The summed E-state index contributed by atoms with van der Waals surface area (Å²) in [6.45, 7) is 4.80. The van der Waals surface area contributed by atoms with Gasteiger partial charge in [-0.05, 0) is 88.1 Å². The molecule has 5 rings (SSSR count). The SMILES string of the molecule is C[C@@H]1C[C@H]([C@H](c2ccc(Cl)cc2)[C@@H](C(=O)Nc2cccc(F)c2CC[C@H]2CN[C@@H]3CCCS(=O)(=O)N2C3)N(C)C(=O)O)C[C@H](C)O1. The van der Waals surface area contributed by atoms with Gasteiger partial charge in [0, 0.05) is 54.4 Å². The van der Waals surface area contributed by atoms with Crippen LogP contribution in [0, 0.1) is 11.7 Å². The maximum Gasteiger partial charge on any atom is 0.407 e. The van der Waals surface area contributed by atoms with Gasteiger partial charge in [0.2, 0.25) is 15.9 Å². The van der Waals surface area contributed by atoms with Crippen molar-refractivity contribution < 1.29 is 32.2 Å². The second-order valence-corrected chi connectivity index (χ2v) is 15.5. The third-order valence-electron chi connectivity index (χ3n) is 9.69. The fraction of sp³-hybridized carbons (Fsp3) is 0.576. The summed E-state index contributed by atoms with van der Waals surface area (Å²) >= 11 is 6.20. The van der Waals surface area contributed by atoms with Crippen LogP contribution in [0.25, 0.3) is 0 Å². The monoisotopic (exact) mass is 678 g/mol. The summed E-state index contributed by atoms with van der Waals surface area (Å²) in [6, 6.07) is 10.1. The normalized spacial score (nSPS) is 28.8. The molecule has 3 heterocycles. The Labute approximate surface area is 275 Å². The van der Waals surface area contributed by atoms with Crippen LogP contribution < -0.4 is 10.6 Å². The van der Waals surface area contributed by atoms with E-state index in [0.29, 0.717) is 43.8 Å². The number of hydrogen-bond donors (Lipinski definition) is 3. The molecule has 46 heavy (non-hydrogen) atoms. The maximum atomic E-state index is 15.4. The maximum absolute atomic E-state index is 15.4. The number of anilines is 1. The zero-order chi connectivity index (χ0) is 33.2. The smallest absolute Gasteiger partial charge is 0.407 e. The van der Waals surface area contributed by atoms with Crippen LogP contribution in [0.5, 0.6) is 0 Å². The lowest BCUT2D eigenvalue weighted by Crippen LogP contribution is -2.57. The van der Waals surface area contributed by atoms with Crippen LogP contribution in [0.15, 0.2) is 42.5 Å². The lowest BCUT2D eigenvalue weighted by Gasteiger charge is -2.42. The number of halogens is 2. The predicted molar refractivity (Wildman–Crippen MR) is 175 cm³/mol. The molecule has 2 aromatic carbocycles. The minimum Gasteiger partial charge on any atom is -0.465 e. The molecule has 0 saturated carbocycles. The summed E-state index contributed by atoms with van der Waals surface area (Å²) in [7, 11) is -2.05. The van der Waals surface area contributed by atoms with Crippen molar-refractivity contribution in [2.45, 2.75) is 88.6 Å². The number of benzene rings is 2. The number of fused-ring (bicyclic) bond motifs is 2. The molecule has 0 aromatic heterocycles. The molecule has 2 aromatic rings. The quantitative estimate of drug-likeness (QED) is 0.338. The number of carbonyl (C=O) groups excluding carboxylic acids is 1. The summed E-state index contributed by atoms with van der Waals surface area (Å²) < 4.78 is 48.9. The highest BCUT2D eigenvalue weighted by Crippen LogP contribution is 2.41. The van der Waals surface area contributed by atoms with E-state index in [-0.39, 0.29) is 53.6 Å². The number of amides is 2. The van der Waals surface area contributed by atoms with E-state index < -0.39 is 39.8 Å². The van der Waals surface area contributed by atoms with Gasteiger partial charge in [0.25, 0.3) is 0 Å². The highest BCUT2D eigenvalue weighted by Gasteiger charge is 2.43. The molecular formula is C33H44ClFN4O6S. The van der Waals surface area contributed by atoms with Crippen molar-refractivity contribution in [3.8, 4) is 0 Å². The predicted octanol–water partition coefficient (Wildman–Crippen LogP) is 5.08. The average Bonchev–Trinajstić information content (AvgIpc) is 3.11. The minimum absolute atomic E-state index is 0.0882. The average molecular weight is 679 g/mol. The van der Waals surface area contributed by atoms with E-state index >= 15 is 4.39 Å². The van der Waals surface area contributed by atoms with Gasteiger partial charge in [0.15, 0.2) is 0 Å². The fourth-order valence-corrected chi connectivity index (χ4v) is 9.47. The first-order valence-corrected chi connectivity index (χ1v) is 18.0. The fourth-order valence-electron chi connectivity index (χ4n) is 7.54. The molecule has 1 unspecified atom stereocenters. The first-order valence-electron chi connectivity index (χ1n) is 16.0. The van der Waals surface area contributed by atoms with Gasteiger partial charge in [-0.3, -0.25) is 9.69 Å². The number of nitrogens with zero attached hydrogens (tertiary/aromatic N) is 2. The number of carbonyl (C=O) groups is 2. The first kappa shape index (κ1) is 34.6. The second-order valence-electron chi connectivity index (χ2n) is 13.0. The molecule has 3 saturated heterocycles. The molecule has 2 bridgehead atoms. The molecule has 252 valence electrons. The topological polar surface area (TPSA) is 128 Å². The molecule has 2 amide bonds. The molecule has 3 aliphatic heterocycles. The Hall–Kier alpha value is -2.77. The summed E-state index contributed by atoms with van der Waals surface area (Å²) in [5, 5.41) is 17.0. The van der Waals surface area contributed by atoms with Gasteiger partial charge in [-0.15, -0.1) is 0 Å². The zero-order valence-corrected chi connectivity index (χ0v) is 28.1. The van der Waals surface area contributed by atoms with E-state index in [1.807, 2.05) is 26.0 Å². The molecule has 0 aliphatic carbocycles. The summed E-state index contributed by atoms with van der Waals surface area (Å²) in [5.41, 5.74) is 1.25. The minimum atomic E-state index is -3.42. The van der Waals surface area contributed by atoms with Gasteiger partial charge < -0.3 is 20.5 Å². The summed E-state index contributed by atoms with van der Waals surface area (Å²) in [4.78, 5) is 27.8. The number of rotatable bonds is 9. The lowest BCUT2D eigenvalue weighted by atomic mass is 9.73. The number of nitrogens with one attached hydrogen (secondary N) is 2. The molecule has 10 nitrogen and oxygen atoms in total. The van der Waals surface area contributed by atoms with Crippen molar-refractivity contribution in [1.82, 2.24) is 14.5 Å². The van der Waals surface area contributed by atoms with Gasteiger partial charge >= 0.3 is 6.09 Å². The van der Waals surface area contributed by atoms with Crippen molar-refractivity contribution in [3.63, 3.8) is 0 Å². The van der Waals surface area contributed by atoms with Crippen LogP contribution in [-0.2, 0) is 26.0 Å². The van der Waals surface area contributed by atoms with Crippen molar-refractivity contribution in [2.75, 3.05) is 31.2 Å². The standard InChI is InChI=1S/C33H44ClFN4O6S/c1-20-16-23(17-21(2)45-20)30(22-9-11-24(34)12-10-22)31(38(3)33(41)42)32(40)37-29-8-4-7-28(35)27(29)14-13-26-18-36-25-6-5-15-46(43,44)39(26)19-25/h4,7-12,20-21,23,25-26,30-31,36H,5-6,13-19H2,1-3H3,(H,37,40)(H,41,42)/t20-,21+,23+,25-,26+,30+,31+/m1/s1. The molecule has 8 atom stereocenters. The molecule has 3 aliphatic rings. The van der Waals surface area contributed by atoms with Crippen LogP contribution in [0.4, 0.5) is 14.9 Å². The highest BCUT2D eigenvalue weighted by molar-refractivity contribution is 7.89. The van der Waals surface area contributed by atoms with E-state index in [2.05, 4.69) is 10.6 Å². The van der Waals surface area contributed by atoms with Gasteiger partial charge in [0.05, 0.1) is 18.0 Å². The number of ether oxygens (including phenoxy) is 1. The van der Waals surface area contributed by atoms with Crippen molar-refractivity contribution >= 4 is 39.3 Å². The van der Waals surface area contributed by atoms with Gasteiger partial charge in [-0.1, -0.05) is 29.8 Å². The second kappa shape index (κ2) is 14.6. The van der Waals surface area contributed by atoms with E-state index in [1.54, 1.807) is 22.5 Å². The van der Waals surface area contributed by atoms with Crippen molar-refractivity contribution in [3.05, 3.63) is 64.4 Å². The zero-order valence-electron chi connectivity index (χ0n) is 26.5. The van der Waals surface area contributed by atoms with E-state index in [9.17, 15) is 23.1 Å². The number of carboxylic acid groups (broad SMARTS) is 1. The highest BCUT2D eigenvalue weighted by atomic mass is 35.5. The van der Waals surface area contributed by atoms with Crippen molar-refractivity contribution in [2.24, 2.45) is 5.92 Å². The van der Waals surface area contributed by atoms with Crippen LogP contribution in [0.1, 0.15) is 63.0 Å². The molecular weight excluding hydrogens is 635 g/mol. The molecule has 3 fully saturated rings. The third-order valence-corrected chi connectivity index (χ3v) is 11.9. The van der Waals surface area contributed by atoms with Crippen LogP contribution in [0.2, 0.25) is 5.02 Å². The Kier molecular flexibility index (Phi) is 10.9. The van der Waals surface area contributed by atoms with Crippen molar-refractivity contribution in [1.29, 1.82) is 0 Å². The molecule has 13 heteroatoms. The summed E-state index contributed by atoms with van der Waals surface area (Å²) in [5.74, 6) is -1.65. The lowest BCUT2D eigenvalue weighted by molar-refractivity contribution is -0.123. The number of hydrogen-bond acceptors (Lipinski definition) is 6. The Morgan fingerprint density at radius 3 is 2.54 bits per heavy atom. The number of piperazine rings is 1. The van der Waals surface area contributed by atoms with E-state index in [4.69, 9.17) is 16.3 Å². The Balaban J connectivity index is 1.44. The van der Waals surface area contributed by atoms with Crippen LogP contribution in [0.3, 0.4) is 0 Å². The van der Waals surface area contributed by atoms with Crippen LogP contribution in [-0.4, -0.2) is 91.0 Å². The Bertz CT molecular complexity index is 1500. The molecule has 0 radical (unpaired) electrons. The van der Waals surface area contributed by atoms with Crippen LogP contribution >= 0.6 is 11.6 Å². The first-order chi connectivity index (χ1) is 21.8. The van der Waals surface area contributed by atoms with Gasteiger partial charge in [0.1, 0.15) is 11.9 Å². The Morgan fingerprint density at radius 1 is 1.17 bits per heavy atom. The molecule has 0 spiro atoms.